The summed E-state index contributed by atoms with van der Waals surface area (Å²) in [6, 6.07) is 7.60. The van der Waals surface area contributed by atoms with Crippen LogP contribution in [-0.2, 0) is 0 Å². The van der Waals surface area contributed by atoms with Crippen molar-refractivity contribution >= 4 is 5.91 Å². The van der Waals surface area contributed by atoms with Gasteiger partial charge in [-0.25, -0.2) is 4.39 Å². The van der Waals surface area contributed by atoms with E-state index >= 15 is 0 Å². The highest BCUT2D eigenvalue weighted by Gasteiger charge is 2.37. The number of benzene rings is 1. The molecule has 3 rings (SSSR count). The molecule has 1 aromatic carbocycles. The molecule has 1 aliphatic rings. The van der Waals surface area contributed by atoms with Gasteiger partial charge in [-0.2, -0.15) is 5.10 Å². The van der Waals surface area contributed by atoms with Crippen LogP contribution in [0.3, 0.4) is 0 Å². The van der Waals surface area contributed by atoms with Crippen LogP contribution in [0, 0.1) is 5.82 Å². The molecule has 0 saturated carbocycles. The van der Waals surface area contributed by atoms with Gasteiger partial charge in [0.25, 0.3) is 5.91 Å². The van der Waals surface area contributed by atoms with Gasteiger partial charge >= 0.3 is 0 Å². The number of aliphatic hydroxyl groups is 1. The Morgan fingerprint density at radius 3 is 2.87 bits per heavy atom. The molecule has 6 heteroatoms. The van der Waals surface area contributed by atoms with Gasteiger partial charge in [0.1, 0.15) is 11.5 Å². The molecule has 122 valence electrons. The number of carbonyl (C=O) groups excluding carboxylic acids is 1. The van der Waals surface area contributed by atoms with Crippen LogP contribution in [0.1, 0.15) is 48.4 Å². The van der Waals surface area contributed by atoms with E-state index in [0.717, 1.165) is 0 Å². The van der Waals surface area contributed by atoms with E-state index in [0.29, 0.717) is 17.7 Å². The van der Waals surface area contributed by atoms with E-state index in [1.165, 1.54) is 12.1 Å². The van der Waals surface area contributed by atoms with Crippen molar-refractivity contribution in [3.63, 3.8) is 0 Å². The normalized spacial score (nSPS) is 21.2. The van der Waals surface area contributed by atoms with E-state index in [1.54, 1.807) is 34.0 Å². The highest BCUT2D eigenvalue weighted by atomic mass is 19.1. The predicted octanol–water partition coefficient (Wildman–Crippen LogP) is 2.55. The Bertz CT molecular complexity index is 713. The van der Waals surface area contributed by atoms with Crippen LogP contribution in [0.2, 0.25) is 0 Å². The van der Waals surface area contributed by atoms with Crippen molar-refractivity contribution in [3.8, 4) is 0 Å². The molecule has 1 N–H and O–H groups in total. The predicted molar refractivity (Wildman–Crippen MR) is 83.4 cm³/mol. The number of hydrogen-bond acceptors (Lipinski definition) is 3. The third-order valence-corrected chi connectivity index (χ3v) is 4.15. The van der Waals surface area contributed by atoms with Gasteiger partial charge in [0.05, 0.1) is 12.1 Å². The Morgan fingerprint density at radius 2 is 2.17 bits per heavy atom. The van der Waals surface area contributed by atoms with Gasteiger partial charge in [-0.05, 0) is 44.0 Å². The minimum atomic E-state index is -0.609. The molecule has 0 bridgehead atoms. The average molecular weight is 317 g/mol. The summed E-state index contributed by atoms with van der Waals surface area (Å²) in [5, 5.41) is 14.2. The second-order valence-electron chi connectivity index (χ2n) is 6.17. The van der Waals surface area contributed by atoms with Gasteiger partial charge in [-0.3, -0.25) is 9.48 Å². The number of hydrogen-bond donors (Lipinski definition) is 1. The lowest BCUT2D eigenvalue weighted by atomic mass is 10.0. The minimum absolute atomic E-state index is 0.0593. The van der Waals surface area contributed by atoms with Gasteiger partial charge in [0.15, 0.2) is 0 Å². The number of nitrogens with zero attached hydrogens (tertiary/aromatic N) is 3. The Hall–Kier alpha value is -2.21. The zero-order chi connectivity index (χ0) is 16.6. The lowest BCUT2D eigenvalue weighted by molar-refractivity contribution is 0.0701. The zero-order valence-electron chi connectivity index (χ0n) is 13.2. The summed E-state index contributed by atoms with van der Waals surface area (Å²) in [4.78, 5) is 14.5. The van der Waals surface area contributed by atoms with Crippen LogP contribution < -0.4 is 0 Å². The fraction of sp³-hybridized carbons (Fsp3) is 0.412. The Kier molecular flexibility index (Phi) is 4.17. The molecular weight excluding hydrogens is 297 g/mol. The largest absolute Gasteiger partial charge is 0.391 e. The maximum absolute atomic E-state index is 13.5. The zero-order valence-corrected chi connectivity index (χ0v) is 13.2. The van der Waals surface area contributed by atoms with Crippen molar-refractivity contribution in [1.82, 2.24) is 14.7 Å². The van der Waals surface area contributed by atoms with Gasteiger partial charge in [0.2, 0.25) is 0 Å². The standard InChI is InChI=1S/C17H20FN3O2/c1-11(2)21-15(6-7-19-21)17(23)20-10-14(22)9-16(20)12-4-3-5-13(18)8-12/h3-8,11,14,16,22H,9-10H2,1-2H3. The fourth-order valence-corrected chi connectivity index (χ4v) is 3.11. The Balaban J connectivity index is 1.93. The summed E-state index contributed by atoms with van der Waals surface area (Å²) in [7, 11) is 0. The molecule has 0 radical (unpaired) electrons. The third-order valence-electron chi connectivity index (χ3n) is 4.15. The molecule has 1 aromatic heterocycles. The van der Waals surface area contributed by atoms with Crippen molar-refractivity contribution in [1.29, 1.82) is 0 Å². The molecule has 2 atom stereocenters. The van der Waals surface area contributed by atoms with E-state index in [-0.39, 0.29) is 30.4 Å². The van der Waals surface area contributed by atoms with Crippen molar-refractivity contribution < 1.29 is 14.3 Å². The molecule has 2 aromatic rings. The van der Waals surface area contributed by atoms with Gasteiger partial charge in [-0.15, -0.1) is 0 Å². The van der Waals surface area contributed by atoms with Crippen LogP contribution in [-0.4, -0.2) is 38.3 Å². The molecule has 5 nitrogen and oxygen atoms in total. The second-order valence-corrected chi connectivity index (χ2v) is 6.17. The van der Waals surface area contributed by atoms with E-state index in [9.17, 15) is 14.3 Å². The second kappa shape index (κ2) is 6.12. The third kappa shape index (κ3) is 2.99. The van der Waals surface area contributed by atoms with Gasteiger partial charge in [-0.1, -0.05) is 12.1 Å². The van der Waals surface area contributed by atoms with Crippen LogP contribution >= 0.6 is 0 Å². The van der Waals surface area contributed by atoms with Crippen LogP contribution in [0.15, 0.2) is 36.5 Å². The number of carbonyl (C=O) groups is 1. The SMILES string of the molecule is CC(C)n1nccc1C(=O)N1CC(O)CC1c1cccc(F)c1. The fourth-order valence-electron chi connectivity index (χ4n) is 3.11. The summed E-state index contributed by atoms with van der Waals surface area (Å²) in [5.74, 6) is -0.537. The first-order chi connectivity index (χ1) is 11.0. The molecule has 23 heavy (non-hydrogen) atoms. The molecule has 0 spiro atoms. The monoisotopic (exact) mass is 317 g/mol. The van der Waals surface area contributed by atoms with E-state index in [4.69, 9.17) is 0 Å². The number of halogens is 1. The molecule has 2 heterocycles. The van der Waals surface area contributed by atoms with Crippen molar-refractivity contribution in [2.45, 2.75) is 38.5 Å². The summed E-state index contributed by atoms with van der Waals surface area (Å²) in [6.07, 6.45) is 1.39. The Labute approximate surface area is 134 Å². The highest BCUT2D eigenvalue weighted by Crippen LogP contribution is 2.33. The van der Waals surface area contributed by atoms with Crippen molar-refractivity contribution in [2.75, 3.05) is 6.54 Å². The number of likely N-dealkylation sites (tertiary alicyclic amines) is 1. The Morgan fingerprint density at radius 1 is 1.39 bits per heavy atom. The van der Waals surface area contributed by atoms with Crippen LogP contribution in [0.5, 0.6) is 0 Å². The summed E-state index contributed by atoms with van der Waals surface area (Å²) in [5.41, 5.74) is 1.18. The first-order valence-electron chi connectivity index (χ1n) is 7.75. The minimum Gasteiger partial charge on any atom is -0.391 e. The first-order valence-corrected chi connectivity index (χ1v) is 7.75. The molecule has 1 aliphatic heterocycles. The number of aliphatic hydroxyl groups excluding tert-OH is 1. The average Bonchev–Trinajstić information content (AvgIpc) is 3.13. The molecule has 2 unspecified atom stereocenters. The molecule has 1 saturated heterocycles. The van der Waals surface area contributed by atoms with E-state index in [2.05, 4.69) is 5.10 Å². The van der Waals surface area contributed by atoms with Gasteiger partial charge in [0, 0.05) is 18.8 Å². The molecule has 1 fully saturated rings. The number of rotatable bonds is 3. The summed E-state index contributed by atoms with van der Waals surface area (Å²) >= 11 is 0. The van der Waals surface area contributed by atoms with Gasteiger partial charge < -0.3 is 10.0 Å². The number of aromatic nitrogens is 2. The maximum atomic E-state index is 13.5. The van der Waals surface area contributed by atoms with E-state index in [1.807, 2.05) is 13.8 Å². The summed E-state index contributed by atoms with van der Waals surface area (Å²) in [6.45, 7) is 4.14. The lowest BCUT2D eigenvalue weighted by Gasteiger charge is -2.25. The van der Waals surface area contributed by atoms with E-state index < -0.39 is 6.10 Å². The quantitative estimate of drug-likeness (QED) is 0.946. The highest BCUT2D eigenvalue weighted by molar-refractivity contribution is 5.93. The molecule has 1 amide bonds. The number of β-amino-alcohol motifs (C(OH)–C–C–N with tert-alkyl or cyclic N) is 1. The van der Waals surface area contributed by atoms with Crippen LogP contribution in [0.25, 0.3) is 0 Å². The van der Waals surface area contributed by atoms with Crippen LogP contribution in [0.4, 0.5) is 4.39 Å². The maximum Gasteiger partial charge on any atom is 0.272 e. The molecule has 0 aliphatic carbocycles. The molecular formula is C17H20FN3O2. The lowest BCUT2D eigenvalue weighted by Crippen LogP contribution is -2.33. The van der Waals surface area contributed by atoms with Crippen molar-refractivity contribution in [2.24, 2.45) is 0 Å². The van der Waals surface area contributed by atoms with Crippen molar-refractivity contribution in [3.05, 3.63) is 53.6 Å². The summed E-state index contributed by atoms with van der Waals surface area (Å²) < 4.78 is 15.2. The number of amides is 1. The smallest absolute Gasteiger partial charge is 0.272 e. The topological polar surface area (TPSA) is 58.4 Å². The first kappa shape index (κ1) is 15.7.